The van der Waals surface area contributed by atoms with E-state index < -0.39 is 0 Å². The summed E-state index contributed by atoms with van der Waals surface area (Å²) < 4.78 is 1.48. The number of halogens is 1. The average Bonchev–Trinajstić information content (AvgIpc) is 3.05. The minimum Gasteiger partial charge on any atom is -0.294 e. The second-order valence-corrected chi connectivity index (χ2v) is 7.48. The maximum absolute atomic E-state index is 13.2. The van der Waals surface area contributed by atoms with Gasteiger partial charge < -0.3 is 0 Å². The van der Waals surface area contributed by atoms with Crippen LogP contribution in [0.25, 0.3) is 16.7 Å². The number of ketones is 1. The van der Waals surface area contributed by atoms with Crippen molar-refractivity contribution in [2.75, 3.05) is 0 Å². The van der Waals surface area contributed by atoms with Gasteiger partial charge in [-0.2, -0.15) is 0 Å². The van der Waals surface area contributed by atoms with Gasteiger partial charge in [-0.3, -0.25) is 14.7 Å². The van der Waals surface area contributed by atoms with Crippen LogP contribution in [0.3, 0.4) is 0 Å². The summed E-state index contributed by atoms with van der Waals surface area (Å²) in [7, 11) is 0. The molecule has 6 heteroatoms. The summed E-state index contributed by atoms with van der Waals surface area (Å²) in [6, 6.07) is 16.9. The van der Waals surface area contributed by atoms with Crippen LogP contribution in [0.1, 0.15) is 33.8 Å². The minimum atomic E-state index is -0.190. The Kier molecular flexibility index (Phi) is 3.91. The molecule has 0 saturated heterocycles. The van der Waals surface area contributed by atoms with Crippen molar-refractivity contribution in [3.05, 3.63) is 92.9 Å². The number of fused-ring (bicyclic) bond motifs is 3. The molecule has 0 bridgehead atoms. The number of carbonyl (C=O) groups is 1. The number of aromatic amines is 1. The molecule has 1 aliphatic carbocycles. The van der Waals surface area contributed by atoms with Gasteiger partial charge in [0.25, 0.3) is 5.56 Å². The molecule has 28 heavy (non-hydrogen) atoms. The van der Waals surface area contributed by atoms with Crippen molar-refractivity contribution in [1.82, 2.24) is 14.8 Å². The van der Waals surface area contributed by atoms with E-state index in [0.717, 1.165) is 16.8 Å². The predicted octanol–water partition coefficient (Wildman–Crippen LogP) is 4.28. The minimum absolute atomic E-state index is 0.00693. The van der Waals surface area contributed by atoms with Gasteiger partial charge in [-0.15, -0.1) is 0 Å². The molecule has 0 saturated carbocycles. The van der Waals surface area contributed by atoms with E-state index in [-0.39, 0.29) is 17.3 Å². The van der Waals surface area contributed by atoms with Crippen molar-refractivity contribution < 1.29 is 4.79 Å². The highest BCUT2D eigenvalue weighted by atomic mass is 35.5. The fraction of sp³-hybridized carbons (Fsp3) is 0.136. The van der Waals surface area contributed by atoms with Crippen molar-refractivity contribution in [1.29, 1.82) is 0 Å². The number of aromatic nitrogens is 3. The van der Waals surface area contributed by atoms with E-state index in [1.807, 2.05) is 54.6 Å². The largest absolute Gasteiger partial charge is 0.294 e. The molecule has 0 amide bonds. The Balaban J connectivity index is 1.68. The maximum Gasteiger partial charge on any atom is 0.281 e. The van der Waals surface area contributed by atoms with Crippen LogP contribution in [0.4, 0.5) is 0 Å². The Morgan fingerprint density at radius 2 is 1.86 bits per heavy atom. The molecule has 5 nitrogen and oxygen atoms in total. The second-order valence-electron chi connectivity index (χ2n) is 7.05. The fourth-order valence-electron chi connectivity index (χ4n) is 3.99. The molecule has 138 valence electrons. The molecule has 0 unspecified atom stereocenters. The molecule has 2 aromatic carbocycles. The number of nitrogens with zero attached hydrogens (tertiary/aromatic N) is 2. The molecule has 0 fully saturated rings. The first kappa shape index (κ1) is 17.0. The fourth-order valence-corrected chi connectivity index (χ4v) is 4.19. The molecule has 2 aromatic heterocycles. The lowest BCUT2D eigenvalue weighted by atomic mass is 9.79. The molecule has 5 rings (SSSR count). The zero-order valence-electron chi connectivity index (χ0n) is 14.9. The zero-order chi connectivity index (χ0) is 19.3. The number of H-pyrrole nitrogens is 1. The van der Waals surface area contributed by atoms with E-state index in [1.54, 1.807) is 6.20 Å². The summed E-state index contributed by atoms with van der Waals surface area (Å²) in [4.78, 5) is 30.3. The Hall–Kier alpha value is -3.18. The highest BCUT2D eigenvalue weighted by Crippen LogP contribution is 2.35. The van der Waals surface area contributed by atoms with E-state index >= 15 is 0 Å². The van der Waals surface area contributed by atoms with Crippen LogP contribution < -0.4 is 5.56 Å². The number of Topliss-reactive ketones (excluding diaryl/α,β-unsaturated/α-hetero) is 1. The van der Waals surface area contributed by atoms with Crippen LogP contribution >= 0.6 is 11.6 Å². The van der Waals surface area contributed by atoms with Crippen LogP contribution in [-0.4, -0.2) is 20.5 Å². The molecule has 0 radical (unpaired) electrons. The maximum atomic E-state index is 13.2. The third kappa shape index (κ3) is 2.67. The monoisotopic (exact) mass is 389 g/mol. The zero-order valence-corrected chi connectivity index (χ0v) is 15.6. The molecule has 1 N–H and O–H groups in total. The average molecular weight is 390 g/mol. The van der Waals surface area contributed by atoms with E-state index in [9.17, 15) is 9.59 Å². The first-order valence-electron chi connectivity index (χ1n) is 9.08. The molecular formula is C22H16ClN3O2. The number of para-hydroxylation sites is 1. The lowest BCUT2D eigenvalue weighted by molar-refractivity contribution is 0.0964. The number of nitrogens with one attached hydrogen (secondary N) is 1. The molecule has 1 aliphatic rings. The van der Waals surface area contributed by atoms with E-state index in [0.29, 0.717) is 34.5 Å². The molecular weight excluding hydrogens is 374 g/mol. The standard InChI is InChI=1S/C22H16ClN3O2/c23-15-6-4-5-13(9-15)14-10-17-18(19(27)11-14)12-24-21-20(17)22(28)26(25-21)16-7-2-1-3-8-16/h1-9,12,14H,10-11H2,(H,24,25)/t14-/m0/s1. The van der Waals surface area contributed by atoms with Gasteiger partial charge in [0, 0.05) is 23.2 Å². The highest BCUT2D eigenvalue weighted by molar-refractivity contribution is 6.30. The van der Waals surface area contributed by atoms with Gasteiger partial charge >= 0.3 is 0 Å². The Morgan fingerprint density at radius 3 is 2.64 bits per heavy atom. The lowest BCUT2D eigenvalue weighted by Gasteiger charge is -2.24. The van der Waals surface area contributed by atoms with Crippen LogP contribution in [0.2, 0.25) is 5.02 Å². The summed E-state index contributed by atoms with van der Waals surface area (Å²) in [6.07, 6.45) is 2.57. The van der Waals surface area contributed by atoms with Gasteiger partial charge in [-0.1, -0.05) is 41.9 Å². The number of carbonyl (C=O) groups excluding carboxylic acids is 1. The third-order valence-corrected chi connectivity index (χ3v) is 5.57. The Morgan fingerprint density at radius 1 is 1.04 bits per heavy atom. The Bertz CT molecular complexity index is 1270. The smallest absolute Gasteiger partial charge is 0.281 e. The van der Waals surface area contributed by atoms with Gasteiger partial charge in [0.15, 0.2) is 11.4 Å². The lowest BCUT2D eigenvalue weighted by Crippen LogP contribution is -2.22. The van der Waals surface area contributed by atoms with Crippen molar-refractivity contribution in [2.45, 2.75) is 18.8 Å². The van der Waals surface area contributed by atoms with Gasteiger partial charge in [0.05, 0.1) is 11.1 Å². The number of hydrogen-bond acceptors (Lipinski definition) is 3. The third-order valence-electron chi connectivity index (χ3n) is 5.34. The van der Waals surface area contributed by atoms with Crippen LogP contribution in [-0.2, 0) is 6.42 Å². The van der Waals surface area contributed by atoms with Gasteiger partial charge in [0.2, 0.25) is 0 Å². The number of rotatable bonds is 2. The van der Waals surface area contributed by atoms with Gasteiger partial charge in [0.1, 0.15) is 0 Å². The summed E-state index contributed by atoms with van der Waals surface area (Å²) in [6.45, 7) is 0. The summed E-state index contributed by atoms with van der Waals surface area (Å²) in [5.74, 6) is -0.00346. The van der Waals surface area contributed by atoms with Crippen molar-refractivity contribution >= 4 is 28.4 Å². The number of benzene rings is 2. The molecule has 4 aromatic rings. The second kappa shape index (κ2) is 6.46. The highest BCUT2D eigenvalue weighted by Gasteiger charge is 2.30. The number of hydrogen-bond donors (Lipinski definition) is 1. The van der Waals surface area contributed by atoms with Crippen molar-refractivity contribution in [3.8, 4) is 5.69 Å². The van der Waals surface area contributed by atoms with Crippen molar-refractivity contribution in [2.24, 2.45) is 0 Å². The predicted molar refractivity (Wildman–Crippen MR) is 109 cm³/mol. The first-order chi connectivity index (χ1) is 13.6. The quantitative estimate of drug-likeness (QED) is 0.556. The normalized spacial score (nSPS) is 16.3. The van der Waals surface area contributed by atoms with E-state index in [2.05, 4.69) is 10.1 Å². The van der Waals surface area contributed by atoms with Crippen molar-refractivity contribution in [3.63, 3.8) is 0 Å². The van der Waals surface area contributed by atoms with Gasteiger partial charge in [-0.25, -0.2) is 9.67 Å². The summed E-state index contributed by atoms with van der Waals surface area (Å²) in [5, 5.41) is 4.20. The van der Waals surface area contributed by atoms with Crippen LogP contribution in [0.15, 0.2) is 65.6 Å². The van der Waals surface area contributed by atoms with E-state index in [4.69, 9.17) is 11.6 Å². The van der Waals surface area contributed by atoms with Crippen LogP contribution in [0, 0.1) is 0 Å². The summed E-state index contributed by atoms with van der Waals surface area (Å²) in [5.41, 5.74) is 3.35. The summed E-state index contributed by atoms with van der Waals surface area (Å²) >= 11 is 6.14. The number of pyridine rings is 1. The van der Waals surface area contributed by atoms with Gasteiger partial charge in [-0.05, 0) is 47.7 Å². The molecule has 0 spiro atoms. The molecule has 2 heterocycles. The first-order valence-corrected chi connectivity index (χ1v) is 9.46. The molecule has 1 atom stereocenters. The van der Waals surface area contributed by atoms with E-state index in [1.165, 1.54) is 4.68 Å². The van der Waals surface area contributed by atoms with Crippen LogP contribution in [0.5, 0.6) is 0 Å². The Labute approximate surface area is 165 Å². The molecule has 0 aliphatic heterocycles. The SMILES string of the molecule is O=C1C[C@@H](c2cccc(Cl)c2)Cc2c1cnc1[nH]n(-c3ccccc3)c(=O)c21. The topological polar surface area (TPSA) is 67.8 Å².